The lowest BCUT2D eigenvalue weighted by atomic mass is 9.54. The van der Waals surface area contributed by atoms with Crippen molar-refractivity contribution in [3.05, 3.63) is 50.0 Å². The number of aromatic nitrogens is 1. The Morgan fingerprint density at radius 2 is 2.14 bits per heavy atom. The normalized spacial score (nSPS) is 36.0. The van der Waals surface area contributed by atoms with Crippen LogP contribution in [-0.2, 0) is 14.3 Å². The summed E-state index contributed by atoms with van der Waals surface area (Å²) in [6.07, 6.45) is 9.81. The largest absolute Gasteiger partial charge is 0.367 e. The first-order valence-electron chi connectivity index (χ1n) is 12.8. The number of thiazole rings is 1. The first kappa shape index (κ1) is 27.3. The highest BCUT2D eigenvalue weighted by Crippen LogP contribution is 2.61. The summed E-state index contributed by atoms with van der Waals surface area (Å²) in [5, 5.41) is 18.3. The van der Waals surface area contributed by atoms with Crippen LogP contribution in [-0.4, -0.2) is 40.9 Å². The van der Waals surface area contributed by atoms with Crippen molar-refractivity contribution < 1.29 is 19.2 Å². The monoisotopic (exact) mass is 530 g/mol. The maximum atomic E-state index is 13.1. The van der Waals surface area contributed by atoms with Gasteiger partial charge in [-0.05, 0) is 73.4 Å². The van der Waals surface area contributed by atoms with Gasteiger partial charge in [-0.3, -0.25) is 19.7 Å². The predicted molar refractivity (Wildman–Crippen MR) is 139 cm³/mol. The van der Waals surface area contributed by atoms with Crippen LogP contribution in [0.1, 0.15) is 56.7 Å². The maximum absolute atomic E-state index is 13.1. The molecule has 0 radical (unpaired) electrons. The van der Waals surface area contributed by atoms with Crippen molar-refractivity contribution in [2.75, 3.05) is 12.4 Å². The van der Waals surface area contributed by atoms with E-state index in [9.17, 15) is 24.6 Å². The Kier molecular flexibility index (Phi) is 8.33. The van der Waals surface area contributed by atoms with Gasteiger partial charge in [-0.2, -0.15) is 0 Å². The molecule has 5 unspecified atom stereocenters. The Bertz CT molecular complexity index is 1120. The van der Waals surface area contributed by atoms with E-state index in [1.54, 1.807) is 12.3 Å². The third-order valence-corrected chi connectivity index (χ3v) is 9.58. The number of ketones is 1. The number of nitrogens with zero attached hydrogens (tertiary/aromatic N) is 3. The van der Waals surface area contributed by atoms with Crippen LogP contribution in [0.15, 0.2) is 35.3 Å². The van der Waals surface area contributed by atoms with E-state index in [1.165, 1.54) is 24.5 Å². The number of hydrogen-bond donors (Lipinski definition) is 1. The number of allylic oxidation sites excluding steroid dienone is 2. The number of methoxy groups -OCH3 is 1. The number of ether oxygens (including phenoxy) is 1. The van der Waals surface area contributed by atoms with E-state index < -0.39 is 17.1 Å². The second kappa shape index (κ2) is 11.3. The van der Waals surface area contributed by atoms with E-state index in [1.807, 2.05) is 13.0 Å². The molecule has 1 aromatic rings. The van der Waals surface area contributed by atoms with Gasteiger partial charge in [0.05, 0.1) is 0 Å². The lowest BCUT2D eigenvalue weighted by Crippen LogP contribution is -2.45. The highest BCUT2D eigenvalue weighted by molar-refractivity contribution is 7.15. The van der Waals surface area contributed by atoms with Crippen LogP contribution in [0.4, 0.5) is 5.13 Å². The topological polar surface area (TPSA) is 141 Å². The van der Waals surface area contributed by atoms with Gasteiger partial charge in [0.1, 0.15) is 11.5 Å². The molecule has 0 aromatic carbocycles. The van der Waals surface area contributed by atoms with Crippen LogP contribution in [0.25, 0.3) is 0 Å². The molecule has 0 spiro atoms. The zero-order valence-electron chi connectivity index (χ0n) is 21.4. The fourth-order valence-electron chi connectivity index (χ4n) is 6.95. The number of amides is 1. The summed E-state index contributed by atoms with van der Waals surface area (Å²) in [5.74, 6) is 0.210. The van der Waals surface area contributed by atoms with Gasteiger partial charge in [0.15, 0.2) is 11.2 Å². The summed E-state index contributed by atoms with van der Waals surface area (Å²) in [6, 6.07) is -1.22. The van der Waals surface area contributed by atoms with Crippen molar-refractivity contribution in [3.8, 4) is 0 Å². The van der Waals surface area contributed by atoms with Gasteiger partial charge in [-0.1, -0.05) is 19.1 Å². The predicted octanol–water partition coefficient (Wildman–Crippen LogP) is 5.07. The van der Waals surface area contributed by atoms with Crippen LogP contribution in [0.2, 0.25) is 0 Å². The van der Waals surface area contributed by atoms with Crippen molar-refractivity contribution >= 4 is 28.2 Å². The van der Waals surface area contributed by atoms with E-state index in [0.717, 1.165) is 24.1 Å². The zero-order valence-corrected chi connectivity index (χ0v) is 22.2. The maximum Gasteiger partial charge on any atom is 0.262 e. The molecule has 37 heavy (non-hydrogen) atoms. The molecule has 10 nitrogen and oxygen atoms in total. The molecule has 0 bridgehead atoms. The number of carbonyl (C=O) groups excluding carboxylic acids is 2. The fraction of sp³-hybridized carbons (Fsp3) is 0.654. The van der Waals surface area contributed by atoms with Crippen molar-refractivity contribution in [2.45, 2.75) is 70.9 Å². The molecular formula is C26H34N4O6S. The molecule has 4 rings (SSSR count). The van der Waals surface area contributed by atoms with E-state index in [-0.39, 0.29) is 46.5 Å². The Labute approximate surface area is 220 Å². The zero-order chi connectivity index (χ0) is 26.7. The molecular weight excluding hydrogens is 496 g/mol. The van der Waals surface area contributed by atoms with E-state index in [0.29, 0.717) is 30.8 Å². The molecule has 1 amide bonds. The minimum absolute atomic E-state index is 0.0259. The number of Topliss-reactive ketones (excluding diaryl/α,β-unsaturated/α-hetero) is 1. The standard InChI is InChI=1S/C26H34N4O6S/c1-15-14-27-25(37-15)28-23(32)12-9-17-13-22(31)19-10-7-16-8-11-21(30(34)35)24(36-3)20(29-33)6-4-5-18(16)26(17,19)2/h6,8,11,14,16-19,21,24H,4-5,7,9-10,12-13H2,1-3H3,(H,27,28,32)/b11-8+,20-6-/t16?,17-,18?,19?,21?,24?,26-/m1/s1. The van der Waals surface area contributed by atoms with Crippen LogP contribution >= 0.6 is 11.3 Å². The number of carbonyl (C=O) groups is 2. The van der Waals surface area contributed by atoms with Crippen LogP contribution < -0.4 is 5.32 Å². The van der Waals surface area contributed by atoms with Crippen molar-refractivity contribution in [1.29, 1.82) is 0 Å². The van der Waals surface area contributed by atoms with Crippen molar-refractivity contribution in [2.24, 2.45) is 34.3 Å². The number of nitrogens with one attached hydrogen (secondary N) is 1. The number of anilines is 1. The molecule has 0 saturated heterocycles. The molecule has 2 saturated carbocycles. The van der Waals surface area contributed by atoms with Gasteiger partial charge in [0.25, 0.3) is 6.04 Å². The molecule has 11 heteroatoms. The van der Waals surface area contributed by atoms with Gasteiger partial charge in [0, 0.05) is 41.9 Å². The highest BCUT2D eigenvalue weighted by Gasteiger charge is 2.58. The van der Waals surface area contributed by atoms with Crippen LogP contribution in [0.3, 0.4) is 0 Å². The van der Waals surface area contributed by atoms with E-state index in [2.05, 4.69) is 22.4 Å². The number of nitroso groups, excluding NO2 is 1. The molecule has 200 valence electrons. The Hall–Kier alpha value is -2.79. The minimum atomic E-state index is -1.22. The first-order valence-corrected chi connectivity index (χ1v) is 13.6. The van der Waals surface area contributed by atoms with Gasteiger partial charge >= 0.3 is 0 Å². The van der Waals surface area contributed by atoms with Gasteiger partial charge in [-0.15, -0.1) is 16.2 Å². The summed E-state index contributed by atoms with van der Waals surface area (Å²) in [4.78, 5) is 53.9. The van der Waals surface area contributed by atoms with E-state index >= 15 is 0 Å². The smallest absolute Gasteiger partial charge is 0.262 e. The summed E-state index contributed by atoms with van der Waals surface area (Å²) in [6.45, 7) is 4.09. The third-order valence-electron chi connectivity index (χ3n) is 8.75. The molecule has 1 N–H and O–H groups in total. The second-order valence-corrected chi connectivity index (χ2v) is 11.8. The van der Waals surface area contributed by atoms with Gasteiger partial charge < -0.3 is 10.1 Å². The van der Waals surface area contributed by atoms with Gasteiger partial charge in [-0.25, -0.2) is 4.98 Å². The molecule has 1 heterocycles. The molecule has 7 atom stereocenters. The number of aryl methyl sites for hydroxylation is 1. The fourth-order valence-corrected chi connectivity index (χ4v) is 7.63. The molecule has 0 aliphatic heterocycles. The Morgan fingerprint density at radius 1 is 1.35 bits per heavy atom. The van der Waals surface area contributed by atoms with Crippen LogP contribution in [0.5, 0.6) is 0 Å². The molecule has 3 aliphatic carbocycles. The van der Waals surface area contributed by atoms with Gasteiger partial charge in [0.2, 0.25) is 5.91 Å². The highest BCUT2D eigenvalue weighted by atomic mass is 32.1. The lowest BCUT2D eigenvalue weighted by Gasteiger charge is -2.50. The number of fused-ring (bicyclic) bond motifs is 3. The molecule has 3 aliphatic rings. The second-order valence-electron chi connectivity index (χ2n) is 10.6. The SMILES string of the molecule is COC1/C(N=O)=C/CCC2C(/C=C/C1[N+](=O)[O-])CCC1C(=O)C[C@@H](CCC(=O)Nc3ncc(C)s3)[C@@]12C. The number of nitro groups is 1. The van der Waals surface area contributed by atoms with E-state index in [4.69, 9.17) is 4.74 Å². The average molecular weight is 531 g/mol. The minimum Gasteiger partial charge on any atom is -0.367 e. The third kappa shape index (κ3) is 5.43. The number of hydrogen-bond acceptors (Lipinski definition) is 9. The Balaban J connectivity index is 1.57. The summed E-state index contributed by atoms with van der Waals surface area (Å²) in [5.41, 5.74) is -0.312. The quantitative estimate of drug-likeness (QED) is 0.225. The first-order chi connectivity index (χ1) is 17.7. The molecule has 1 aromatic heterocycles. The molecule has 2 fully saturated rings. The van der Waals surface area contributed by atoms with Crippen LogP contribution in [0, 0.1) is 51.0 Å². The number of rotatable bonds is 7. The average Bonchev–Trinajstić information content (AvgIpc) is 3.38. The van der Waals surface area contributed by atoms with Crippen molar-refractivity contribution in [3.63, 3.8) is 0 Å². The summed E-state index contributed by atoms with van der Waals surface area (Å²) >= 11 is 1.42. The lowest BCUT2D eigenvalue weighted by molar-refractivity contribution is -0.519. The summed E-state index contributed by atoms with van der Waals surface area (Å²) < 4.78 is 5.31. The summed E-state index contributed by atoms with van der Waals surface area (Å²) in [7, 11) is 1.34. The Morgan fingerprint density at radius 3 is 2.78 bits per heavy atom. The van der Waals surface area contributed by atoms with Crippen molar-refractivity contribution in [1.82, 2.24) is 4.98 Å².